The summed E-state index contributed by atoms with van der Waals surface area (Å²) in [7, 11) is -1.82. The van der Waals surface area contributed by atoms with Crippen molar-refractivity contribution in [3.63, 3.8) is 0 Å². The molecule has 0 aromatic carbocycles. The lowest BCUT2D eigenvalue weighted by atomic mass is 9.89. The fraction of sp³-hybridized carbons (Fsp3) is 0.714. The molecule has 6 heteroatoms. The molecular weight excluding hydrogens is 276 g/mol. The summed E-state index contributed by atoms with van der Waals surface area (Å²) >= 11 is 0. The van der Waals surface area contributed by atoms with E-state index in [0.29, 0.717) is 24.0 Å². The van der Waals surface area contributed by atoms with Gasteiger partial charge < -0.3 is 10.2 Å². The van der Waals surface area contributed by atoms with E-state index in [1.165, 1.54) is 23.6 Å². The predicted molar refractivity (Wildman–Crippen MR) is 77.7 cm³/mol. The summed E-state index contributed by atoms with van der Waals surface area (Å²) in [5, 5.41) is 0. The van der Waals surface area contributed by atoms with Gasteiger partial charge in [-0.25, -0.2) is 12.7 Å². The lowest BCUT2D eigenvalue weighted by Gasteiger charge is -2.26. The molecule has 1 fully saturated rings. The highest BCUT2D eigenvalue weighted by molar-refractivity contribution is 7.89. The molecule has 114 valence electrons. The van der Waals surface area contributed by atoms with Crippen LogP contribution in [-0.2, 0) is 16.6 Å². The zero-order chi connectivity index (χ0) is 14.8. The zero-order valence-corrected chi connectivity index (χ0v) is 13.1. The van der Waals surface area contributed by atoms with E-state index in [4.69, 9.17) is 10.2 Å². The van der Waals surface area contributed by atoms with Gasteiger partial charge in [0.15, 0.2) is 0 Å². The highest BCUT2D eigenvalue weighted by Crippen LogP contribution is 2.27. The van der Waals surface area contributed by atoms with Crippen LogP contribution in [0.4, 0.5) is 0 Å². The SMILES string of the molecule is Cc1oc(CN)cc1S(=O)(=O)N(C)CC1CCCCC1. The van der Waals surface area contributed by atoms with Crippen LogP contribution >= 0.6 is 0 Å². The maximum atomic E-state index is 12.6. The molecule has 1 aromatic rings. The molecule has 1 aliphatic rings. The minimum Gasteiger partial charge on any atom is -0.464 e. The first-order valence-corrected chi connectivity index (χ1v) is 8.65. The molecule has 1 aromatic heterocycles. The van der Waals surface area contributed by atoms with Gasteiger partial charge in [-0.05, 0) is 25.7 Å². The van der Waals surface area contributed by atoms with Gasteiger partial charge in [0.25, 0.3) is 0 Å². The molecule has 1 saturated carbocycles. The van der Waals surface area contributed by atoms with Crippen LogP contribution in [0.15, 0.2) is 15.4 Å². The van der Waals surface area contributed by atoms with Crippen molar-refractivity contribution in [1.29, 1.82) is 0 Å². The second kappa shape index (κ2) is 6.28. The summed E-state index contributed by atoms with van der Waals surface area (Å²) in [5.41, 5.74) is 5.50. The molecule has 0 amide bonds. The molecule has 0 saturated heterocycles. The second-order valence-electron chi connectivity index (χ2n) is 5.63. The first kappa shape index (κ1) is 15.5. The molecule has 2 rings (SSSR count). The molecule has 0 radical (unpaired) electrons. The number of hydrogen-bond acceptors (Lipinski definition) is 4. The van der Waals surface area contributed by atoms with Gasteiger partial charge in [-0.3, -0.25) is 0 Å². The number of sulfonamides is 1. The number of aryl methyl sites for hydroxylation is 1. The van der Waals surface area contributed by atoms with Crippen molar-refractivity contribution in [2.45, 2.75) is 50.5 Å². The molecule has 0 spiro atoms. The third kappa shape index (κ3) is 3.24. The fourth-order valence-electron chi connectivity index (χ4n) is 2.88. The Hall–Kier alpha value is -0.850. The summed E-state index contributed by atoms with van der Waals surface area (Å²) in [5.74, 6) is 1.40. The van der Waals surface area contributed by atoms with Gasteiger partial charge in [0.1, 0.15) is 16.4 Å². The zero-order valence-electron chi connectivity index (χ0n) is 12.3. The van der Waals surface area contributed by atoms with Gasteiger partial charge in [-0.1, -0.05) is 19.3 Å². The highest BCUT2D eigenvalue weighted by atomic mass is 32.2. The van der Waals surface area contributed by atoms with Gasteiger partial charge in [0.2, 0.25) is 10.0 Å². The number of rotatable bonds is 5. The van der Waals surface area contributed by atoms with E-state index >= 15 is 0 Å². The Kier molecular flexibility index (Phi) is 4.88. The summed E-state index contributed by atoms with van der Waals surface area (Å²) in [6, 6.07) is 1.54. The largest absolute Gasteiger partial charge is 0.464 e. The minimum absolute atomic E-state index is 0.211. The van der Waals surface area contributed by atoms with E-state index < -0.39 is 10.0 Å². The Bertz CT molecular complexity index is 545. The number of nitrogens with two attached hydrogens (primary N) is 1. The molecule has 0 unspecified atom stereocenters. The topological polar surface area (TPSA) is 76.5 Å². The van der Waals surface area contributed by atoms with Crippen LogP contribution in [0.3, 0.4) is 0 Å². The Morgan fingerprint density at radius 2 is 2.00 bits per heavy atom. The van der Waals surface area contributed by atoms with Gasteiger partial charge >= 0.3 is 0 Å². The Balaban J connectivity index is 2.13. The summed E-state index contributed by atoms with van der Waals surface area (Å²) < 4.78 is 32.0. The van der Waals surface area contributed by atoms with Gasteiger partial charge in [-0.2, -0.15) is 0 Å². The van der Waals surface area contributed by atoms with Crippen LogP contribution < -0.4 is 5.73 Å². The van der Waals surface area contributed by atoms with Crippen LogP contribution in [0.25, 0.3) is 0 Å². The van der Waals surface area contributed by atoms with E-state index in [1.54, 1.807) is 20.0 Å². The van der Waals surface area contributed by atoms with E-state index in [2.05, 4.69) is 0 Å². The first-order valence-electron chi connectivity index (χ1n) is 7.21. The highest BCUT2D eigenvalue weighted by Gasteiger charge is 2.28. The number of furan rings is 1. The summed E-state index contributed by atoms with van der Waals surface area (Å²) in [6.45, 7) is 2.47. The predicted octanol–water partition coefficient (Wildman–Crippen LogP) is 2.25. The van der Waals surface area contributed by atoms with Crippen molar-refractivity contribution in [2.75, 3.05) is 13.6 Å². The van der Waals surface area contributed by atoms with E-state index in [1.807, 2.05) is 0 Å². The fourth-order valence-corrected chi connectivity index (χ4v) is 4.31. The van der Waals surface area contributed by atoms with Crippen molar-refractivity contribution in [3.05, 3.63) is 17.6 Å². The van der Waals surface area contributed by atoms with Crippen molar-refractivity contribution in [1.82, 2.24) is 4.31 Å². The molecule has 1 aliphatic carbocycles. The van der Waals surface area contributed by atoms with Crippen LogP contribution in [0.2, 0.25) is 0 Å². The maximum absolute atomic E-state index is 12.6. The van der Waals surface area contributed by atoms with Gasteiger partial charge in [-0.15, -0.1) is 0 Å². The van der Waals surface area contributed by atoms with E-state index in [9.17, 15) is 8.42 Å². The molecule has 5 nitrogen and oxygen atoms in total. The van der Waals surface area contributed by atoms with Crippen molar-refractivity contribution in [3.8, 4) is 0 Å². The van der Waals surface area contributed by atoms with Crippen LogP contribution in [0, 0.1) is 12.8 Å². The molecule has 0 aliphatic heterocycles. The number of hydrogen-bond donors (Lipinski definition) is 1. The van der Waals surface area contributed by atoms with Crippen LogP contribution in [0.5, 0.6) is 0 Å². The summed E-state index contributed by atoms with van der Waals surface area (Å²) in [6.07, 6.45) is 5.94. The van der Waals surface area contributed by atoms with Crippen molar-refractivity contribution in [2.24, 2.45) is 11.7 Å². The van der Waals surface area contributed by atoms with Gasteiger partial charge in [0.05, 0.1) is 6.54 Å². The third-order valence-electron chi connectivity index (χ3n) is 4.05. The van der Waals surface area contributed by atoms with Crippen molar-refractivity contribution >= 4 is 10.0 Å². The molecule has 0 bridgehead atoms. The molecule has 20 heavy (non-hydrogen) atoms. The Morgan fingerprint density at radius 3 is 2.55 bits per heavy atom. The molecule has 0 atom stereocenters. The average Bonchev–Trinajstić information content (AvgIpc) is 2.82. The van der Waals surface area contributed by atoms with Crippen LogP contribution in [0.1, 0.15) is 43.6 Å². The molecular formula is C14H24N2O3S. The standard InChI is InChI=1S/C14H24N2O3S/c1-11-14(8-13(9-15)19-11)20(17,18)16(2)10-12-6-4-3-5-7-12/h8,12H,3-7,9-10,15H2,1-2H3. The summed E-state index contributed by atoms with van der Waals surface area (Å²) in [4.78, 5) is 0.247. The Labute approximate surface area is 121 Å². The Morgan fingerprint density at radius 1 is 1.35 bits per heavy atom. The quantitative estimate of drug-likeness (QED) is 0.905. The van der Waals surface area contributed by atoms with E-state index in [-0.39, 0.29) is 11.4 Å². The van der Waals surface area contributed by atoms with Crippen molar-refractivity contribution < 1.29 is 12.8 Å². The van der Waals surface area contributed by atoms with Gasteiger partial charge in [0, 0.05) is 19.7 Å². The average molecular weight is 300 g/mol. The number of nitrogens with zero attached hydrogens (tertiary/aromatic N) is 1. The molecule has 1 heterocycles. The smallest absolute Gasteiger partial charge is 0.246 e. The molecule has 2 N–H and O–H groups in total. The minimum atomic E-state index is -3.47. The third-order valence-corrected chi connectivity index (χ3v) is 5.98. The second-order valence-corrected chi connectivity index (χ2v) is 7.64. The lowest BCUT2D eigenvalue weighted by Crippen LogP contribution is -2.32. The normalized spacial score (nSPS) is 17.8. The lowest BCUT2D eigenvalue weighted by molar-refractivity contribution is 0.300. The van der Waals surface area contributed by atoms with E-state index in [0.717, 1.165) is 12.8 Å². The first-order chi connectivity index (χ1) is 9.45. The monoisotopic (exact) mass is 300 g/mol. The van der Waals surface area contributed by atoms with Crippen LogP contribution in [-0.4, -0.2) is 26.3 Å². The maximum Gasteiger partial charge on any atom is 0.246 e.